The lowest BCUT2D eigenvalue weighted by Gasteiger charge is -2.36. The molecule has 0 aliphatic carbocycles. The molecule has 0 saturated carbocycles. The van der Waals surface area contributed by atoms with Gasteiger partial charge in [0.2, 0.25) is 0 Å². The molecule has 0 rings (SSSR count). The van der Waals surface area contributed by atoms with Crippen molar-refractivity contribution in [2.24, 2.45) is 0 Å². The van der Waals surface area contributed by atoms with E-state index in [1.165, 1.54) is 0 Å². The van der Waals surface area contributed by atoms with Gasteiger partial charge in [-0.1, -0.05) is 151 Å². The molecule has 4 nitrogen and oxygen atoms in total. The topological polar surface area (TPSA) is 36.9 Å². The Kier molecular flexibility index (Phi) is 27.0. The Hall–Kier alpha value is 4.10. The summed E-state index contributed by atoms with van der Waals surface area (Å²) in [5, 5.41) is -34.7. The van der Waals surface area contributed by atoms with E-state index in [0.29, 0.717) is 0 Å². The monoisotopic (exact) mass is 1390 g/mol. The van der Waals surface area contributed by atoms with E-state index in [-0.39, 0.29) is 0 Å². The third-order valence-corrected chi connectivity index (χ3v) is 9.95. The van der Waals surface area contributed by atoms with Gasteiger partial charge in [0.25, 0.3) is 3.79 Å². The van der Waals surface area contributed by atoms with Gasteiger partial charge in [-0.15, -0.1) is 0 Å². The second-order valence-electron chi connectivity index (χ2n) is 9.10. The summed E-state index contributed by atoms with van der Waals surface area (Å²) in [5.41, 5.74) is 0. The van der Waals surface area contributed by atoms with Crippen molar-refractivity contribution in [1.29, 1.82) is 0 Å². The molecular weight excluding hydrogens is 1400 g/mol. The lowest BCUT2D eigenvalue weighted by Crippen LogP contribution is -2.59. The van der Waals surface area contributed by atoms with Gasteiger partial charge in [-0.05, 0) is 81.2 Å². The van der Waals surface area contributed by atoms with E-state index in [0.717, 1.165) is 0 Å². The first-order valence-corrected chi connectivity index (χ1v) is 19.4. The fraction of sp³-hybridized carbons (Fsp3) is 1.00. The van der Waals surface area contributed by atoms with Gasteiger partial charge in [0.1, 0.15) is 0 Å². The molecule has 0 heterocycles. The first-order chi connectivity index (χ1) is 26.1. The maximum absolute atomic E-state index is 13.2. The van der Waals surface area contributed by atoms with Gasteiger partial charge in [-0.25, -0.2) is 0 Å². The van der Waals surface area contributed by atoms with E-state index < -0.39 is 88.3 Å². The normalized spacial score (nSPS) is 18.8. The second kappa shape index (κ2) is 23.1. The standard InChI is InChI=1S/C5Cl5F7O.C4Cl6F4O.C4Cl5F5O.C4Cl4F6O/c6-2(7,12)5(10,17)18-1(11,3(8,13)14)4(9,15)16;5-1(6,7)4(13,14)15-3(10,12)2(8,9)11;5-1(6,10)3(9,12)15-4(13,14)2(7,8)11;5-1(6,9)3(8,12)15-4(13,14)2(7,10)11. The lowest BCUT2D eigenvalue weighted by atomic mass is 10.3. The van der Waals surface area contributed by atoms with Crippen LogP contribution in [0.3, 0.4) is 0 Å². The molecule has 0 bridgehead atoms. The number of halogens is 42. The van der Waals surface area contributed by atoms with Crippen molar-refractivity contribution in [3.8, 4) is 0 Å². The van der Waals surface area contributed by atoms with Crippen molar-refractivity contribution in [2.75, 3.05) is 0 Å². The van der Waals surface area contributed by atoms with Crippen molar-refractivity contribution in [2.45, 2.75) is 88.3 Å². The van der Waals surface area contributed by atoms with E-state index in [1.54, 1.807) is 0 Å². The molecule has 0 fully saturated rings. The Morgan fingerprint density at radius 3 is 0.556 bits per heavy atom. The Morgan fingerprint density at radius 2 is 0.397 bits per heavy atom. The number of hydrogen-bond acceptors (Lipinski definition) is 4. The van der Waals surface area contributed by atoms with Crippen molar-refractivity contribution < 1.29 is 116 Å². The van der Waals surface area contributed by atoms with E-state index in [4.69, 9.17) is 34.8 Å². The molecule has 0 radical (unpaired) electrons. The van der Waals surface area contributed by atoms with Gasteiger partial charge < -0.3 is 0 Å². The van der Waals surface area contributed by atoms with E-state index in [1.807, 2.05) is 0 Å². The zero-order chi connectivity index (χ0) is 53.3. The minimum absolute atomic E-state index is 2.60. The summed E-state index contributed by atoms with van der Waals surface area (Å²) < 4.78 is 262. The molecule has 0 aromatic carbocycles. The van der Waals surface area contributed by atoms with Crippen LogP contribution in [0.15, 0.2) is 0 Å². The van der Waals surface area contributed by atoms with Crippen molar-refractivity contribution >= 4 is 232 Å². The zero-order valence-electron chi connectivity index (χ0n) is 26.0. The summed E-state index contributed by atoms with van der Waals surface area (Å²) in [4.78, 5) is 0. The molecular formula is C17Cl20F22O4. The van der Waals surface area contributed by atoms with Crippen LogP contribution in [-0.2, 0) is 18.9 Å². The molecule has 0 aliphatic rings. The van der Waals surface area contributed by atoms with Gasteiger partial charge in [0.05, 0.1) is 0 Å². The van der Waals surface area contributed by atoms with Gasteiger partial charge in [0, 0.05) is 0 Å². The molecule has 0 amide bonds. The summed E-state index contributed by atoms with van der Waals surface area (Å²) in [6.45, 7) is 0. The number of hydrogen-bond donors (Lipinski definition) is 0. The predicted octanol–water partition coefficient (Wildman–Crippen LogP) is 19.3. The molecule has 386 valence electrons. The molecule has 46 heteroatoms. The highest BCUT2D eigenvalue weighted by atomic mass is 35.6. The largest absolute Gasteiger partial charge is 0.438 e. The Labute approximate surface area is 432 Å². The van der Waals surface area contributed by atoms with Crippen LogP contribution in [0.25, 0.3) is 0 Å². The summed E-state index contributed by atoms with van der Waals surface area (Å²) in [7, 11) is 0. The first kappa shape index (κ1) is 73.6. The Morgan fingerprint density at radius 1 is 0.206 bits per heavy atom. The van der Waals surface area contributed by atoms with Crippen molar-refractivity contribution in [3.63, 3.8) is 0 Å². The third kappa shape index (κ3) is 22.8. The molecule has 4 unspecified atom stereocenters. The smallest absolute Gasteiger partial charge is 0.279 e. The van der Waals surface area contributed by atoms with Crippen LogP contribution in [-0.4, -0.2) is 88.3 Å². The van der Waals surface area contributed by atoms with Crippen LogP contribution in [0.5, 0.6) is 0 Å². The molecule has 63 heavy (non-hydrogen) atoms. The quantitative estimate of drug-likeness (QED) is 0.114. The molecule has 0 saturated heterocycles. The number of ether oxygens (including phenoxy) is 4. The number of alkyl halides is 42. The molecule has 4 atom stereocenters. The van der Waals surface area contributed by atoms with Crippen molar-refractivity contribution in [1.82, 2.24) is 0 Å². The van der Waals surface area contributed by atoms with Crippen molar-refractivity contribution in [3.05, 3.63) is 0 Å². The fourth-order valence-corrected chi connectivity index (χ4v) is 2.64. The molecule has 0 aromatic heterocycles. The second-order valence-corrected chi connectivity index (χ2v) is 20.9. The van der Waals surface area contributed by atoms with Crippen LogP contribution in [0.1, 0.15) is 0 Å². The first-order valence-electron chi connectivity index (χ1n) is 11.8. The minimum Gasteiger partial charge on any atom is -0.279 e. The highest BCUT2D eigenvalue weighted by molar-refractivity contribution is 6.68. The summed E-state index contributed by atoms with van der Waals surface area (Å²) in [6.07, 6.45) is -15.5. The highest BCUT2D eigenvalue weighted by Gasteiger charge is 2.76. The van der Waals surface area contributed by atoms with Crippen LogP contribution in [0, 0.1) is 0 Å². The molecule has 0 N–H and O–H groups in total. The maximum atomic E-state index is 13.2. The highest BCUT2D eigenvalue weighted by Crippen LogP contribution is 2.57. The molecule has 0 aromatic rings. The average molecular weight is 1400 g/mol. The summed E-state index contributed by atoms with van der Waals surface area (Å²) >= 11 is 87.1. The minimum atomic E-state index is -5.74. The van der Waals surface area contributed by atoms with Gasteiger partial charge in [-0.2, -0.15) is 96.6 Å². The zero-order valence-corrected chi connectivity index (χ0v) is 41.1. The average Bonchev–Trinajstić information content (AvgIpc) is 2.86. The predicted molar refractivity (Wildman–Crippen MR) is 192 cm³/mol. The van der Waals surface area contributed by atoms with Crippen LogP contribution < -0.4 is 0 Å². The van der Waals surface area contributed by atoms with E-state index in [9.17, 15) is 96.6 Å². The lowest BCUT2D eigenvalue weighted by molar-refractivity contribution is -0.368. The van der Waals surface area contributed by atoms with E-state index >= 15 is 0 Å². The third-order valence-electron chi connectivity index (χ3n) is 4.08. The van der Waals surface area contributed by atoms with E-state index in [2.05, 4.69) is 216 Å². The Balaban J connectivity index is -0.000000370. The van der Waals surface area contributed by atoms with Gasteiger partial charge in [0.15, 0.2) is 0 Å². The maximum Gasteiger partial charge on any atom is 0.438 e. The fourth-order valence-electron chi connectivity index (χ4n) is 1.34. The molecule has 0 spiro atoms. The number of rotatable bonds is 16. The van der Waals surface area contributed by atoms with Crippen LogP contribution in [0.2, 0.25) is 0 Å². The SMILES string of the molecule is FC(Cl)(Cl)C(F)(Cl)OC(F)(F)C(Cl)(Cl)Cl.FC(Cl)(Cl)C(F)(F)OC(F)(Cl)C(F)(Cl)Cl.FC(F)(Cl)C(F)(F)OC(F)(Cl)C(F)(Cl)Cl.FC(F)(Cl)C(F)(OC(F)(Cl)C(F)(Cl)Cl)C(F)(F)Cl. The Bertz CT molecular complexity index is 1220. The van der Waals surface area contributed by atoms with Crippen LogP contribution in [0.4, 0.5) is 96.6 Å². The summed E-state index contributed by atoms with van der Waals surface area (Å²) in [6, 6.07) is 0. The summed E-state index contributed by atoms with van der Waals surface area (Å²) in [5.74, 6) is -5.74. The molecule has 0 aliphatic heterocycles. The van der Waals surface area contributed by atoms with Gasteiger partial charge in [-0.3, -0.25) is 18.9 Å². The van der Waals surface area contributed by atoms with Crippen LogP contribution >= 0.6 is 232 Å². The van der Waals surface area contributed by atoms with Gasteiger partial charge >= 0.3 is 84.5 Å².